The smallest absolute Gasteiger partial charge is 0.162 e. The molecule has 0 aliphatic carbocycles. The van der Waals surface area contributed by atoms with Crippen LogP contribution in [0.15, 0.2) is 39.8 Å². The number of hydrogen-bond donors (Lipinski definition) is 0. The average molecular weight is 315 g/mol. The highest BCUT2D eigenvalue weighted by molar-refractivity contribution is 9.11. The minimum atomic E-state index is 0.669. The van der Waals surface area contributed by atoms with Crippen molar-refractivity contribution in [3.8, 4) is 11.4 Å². The first kappa shape index (κ1) is 9.73. The van der Waals surface area contributed by atoms with Crippen LogP contribution in [0.1, 0.15) is 0 Å². The Hall–Kier alpha value is -0.810. The molecule has 0 radical (unpaired) electrons. The number of rotatable bonds is 1. The third kappa shape index (κ3) is 2.16. The van der Waals surface area contributed by atoms with Crippen molar-refractivity contribution in [2.75, 3.05) is 0 Å². The van der Waals surface area contributed by atoms with Crippen LogP contribution in [0.4, 0.5) is 0 Å². The fourth-order valence-corrected chi connectivity index (χ4v) is 2.36. The zero-order chi connectivity index (χ0) is 9.97. The second-order valence-corrected chi connectivity index (χ2v) is 4.45. The Morgan fingerprint density at radius 2 is 1.43 bits per heavy atom. The van der Waals surface area contributed by atoms with Gasteiger partial charge in [-0.25, -0.2) is 15.0 Å². The van der Waals surface area contributed by atoms with Gasteiger partial charge in [0.15, 0.2) is 5.82 Å². The van der Waals surface area contributed by atoms with Crippen molar-refractivity contribution in [2.45, 2.75) is 0 Å². The van der Waals surface area contributed by atoms with Crippen LogP contribution in [-0.4, -0.2) is 15.0 Å². The standard InChI is InChI=1S/C9H5Br2N3/c10-7-1-6(2-8(11)3-7)9-13-4-12-5-14-9/h1-5H. The van der Waals surface area contributed by atoms with E-state index in [1.54, 1.807) is 0 Å². The molecule has 3 nitrogen and oxygen atoms in total. The lowest BCUT2D eigenvalue weighted by molar-refractivity contribution is 1.06. The summed E-state index contributed by atoms with van der Waals surface area (Å²) in [6.45, 7) is 0. The third-order valence-corrected chi connectivity index (χ3v) is 2.53. The van der Waals surface area contributed by atoms with Gasteiger partial charge in [-0.1, -0.05) is 31.9 Å². The van der Waals surface area contributed by atoms with Crippen molar-refractivity contribution >= 4 is 31.9 Å². The fourth-order valence-electron chi connectivity index (χ4n) is 1.07. The second-order valence-electron chi connectivity index (χ2n) is 2.62. The summed E-state index contributed by atoms with van der Waals surface area (Å²) in [5, 5.41) is 0. The molecule has 1 heterocycles. The molecule has 5 heteroatoms. The lowest BCUT2D eigenvalue weighted by atomic mass is 10.2. The van der Waals surface area contributed by atoms with Crippen molar-refractivity contribution in [1.82, 2.24) is 15.0 Å². The van der Waals surface area contributed by atoms with E-state index in [1.165, 1.54) is 12.7 Å². The van der Waals surface area contributed by atoms with E-state index in [2.05, 4.69) is 46.8 Å². The molecule has 14 heavy (non-hydrogen) atoms. The molecule has 0 unspecified atom stereocenters. The van der Waals surface area contributed by atoms with Crippen LogP contribution < -0.4 is 0 Å². The summed E-state index contributed by atoms with van der Waals surface area (Å²) < 4.78 is 1.98. The Bertz CT molecular complexity index is 425. The van der Waals surface area contributed by atoms with Crippen molar-refractivity contribution in [2.24, 2.45) is 0 Å². The highest BCUT2D eigenvalue weighted by Gasteiger charge is 2.02. The highest BCUT2D eigenvalue weighted by Crippen LogP contribution is 2.24. The van der Waals surface area contributed by atoms with Gasteiger partial charge in [-0.05, 0) is 18.2 Å². The summed E-state index contributed by atoms with van der Waals surface area (Å²) in [5.41, 5.74) is 0.952. The highest BCUT2D eigenvalue weighted by atomic mass is 79.9. The Morgan fingerprint density at radius 3 is 2.00 bits per heavy atom. The van der Waals surface area contributed by atoms with Crippen LogP contribution >= 0.6 is 31.9 Å². The van der Waals surface area contributed by atoms with E-state index in [4.69, 9.17) is 0 Å². The molecule has 1 aromatic heterocycles. The van der Waals surface area contributed by atoms with Gasteiger partial charge >= 0.3 is 0 Å². The first-order chi connectivity index (χ1) is 6.75. The molecule has 0 saturated carbocycles. The normalized spacial score (nSPS) is 10.1. The van der Waals surface area contributed by atoms with Crippen LogP contribution in [-0.2, 0) is 0 Å². The molecule has 0 atom stereocenters. The van der Waals surface area contributed by atoms with Crippen LogP contribution in [0.5, 0.6) is 0 Å². The van der Waals surface area contributed by atoms with E-state index in [9.17, 15) is 0 Å². The molecular weight excluding hydrogens is 310 g/mol. The first-order valence-electron chi connectivity index (χ1n) is 3.84. The van der Waals surface area contributed by atoms with Gasteiger partial charge < -0.3 is 0 Å². The van der Waals surface area contributed by atoms with Gasteiger partial charge in [-0.15, -0.1) is 0 Å². The number of benzene rings is 1. The van der Waals surface area contributed by atoms with E-state index >= 15 is 0 Å². The Balaban J connectivity index is 2.52. The molecule has 1 aromatic carbocycles. The molecular formula is C9H5Br2N3. The summed E-state index contributed by atoms with van der Waals surface area (Å²) in [6.07, 6.45) is 2.97. The van der Waals surface area contributed by atoms with Crippen LogP contribution in [0, 0.1) is 0 Å². The van der Waals surface area contributed by atoms with Crippen molar-refractivity contribution in [3.05, 3.63) is 39.8 Å². The molecule has 0 aliphatic heterocycles. The quantitative estimate of drug-likeness (QED) is 0.812. The maximum atomic E-state index is 4.07. The van der Waals surface area contributed by atoms with Gasteiger partial charge in [0.2, 0.25) is 0 Å². The summed E-state index contributed by atoms with van der Waals surface area (Å²) in [6, 6.07) is 5.88. The predicted molar refractivity (Wildman–Crippen MR) is 60.7 cm³/mol. The van der Waals surface area contributed by atoms with Gasteiger partial charge in [-0.2, -0.15) is 0 Å². The minimum absolute atomic E-state index is 0.669. The van der Waals surface area contributed by atoms with E-state index in [0.717, 1.165) is 14.5 Å². The maximum Gasteiger partial charge on any atom is 0.162 e. The topological polar surface area (TPSA) is 38.7 Å². The molecule has 2 rings (SSSR count). The maximum absolute atomic E-state index is 4.07. The zero-order valence-electron chi connectivity index (χ0n) is 6.98. The second kappa shape index (κ2) is 4.14. The minimum Gasteiger partial charge on any atom is -0.225 e. The molecule has 0 bridgehead atoms. The summed E-state index contributed by atoms with van der Waals surface area (Å²) >= 11 is 6.82. The Labute approximate surface area is 97.9 Å². The van der Waals surface area contributed by atoms with Gasteiger partial charge in [0.1, 0.15) is 12.7 Å². The van der Waals surface area contributed by atoms with E-state index < -0.39 is 0 Å². The molecule has 0 saturated heterocycles. The summed E-state index contributed by atoms with van der Waals surface area (Å²) in [4.78, 5) is 11.9. The van der Waals surface area contributed by atoms with E-state index in [-0.39, 0.29) is 0 Å². The van der Waals surface area contributed by atoms with E-state index in [1.807, 2.05) is 18.2 Å². The lowest BCUT2D eigenvalue weighted by Crippen LogP contribution is -1.88. The molecule has 0 N–H and O–H groups in total. The van der Waals surface area contributed by atoms with Gasteiger partial charge in [-0.3, -0.25) is 0 Å². The van der Waals surface area contributed by atoms with Crippen LogP contribution in [0.25, 0.3) is 11.4 Å². The fraction of sp³-hybridized carbons (Fsp3) is 0. The van der Waals surface area contributed by atoms with Crippen molar-refractivity contribution in [3.63, 3.8) is 0 Å². The predicted octanol–water partition coefficient (Wildman–Crippen LogP) is 3.06. The molecule has 0 amide bonds. The van der Waals surface area contributed by atoms with Gasteiger partial charge in [0, 0.05) is 14.5 Å². The van der Waals surface area contributed by atoms with Crippen LogP contribution in [0.2, 0.25) is 0 Å². The monoisotopic (exact) mass is 313 g/mol. The SMILES string of the molecule is Brc1cc(Br)cc(-c2ncncn2)c1. The third-order valence-electron chi connectivity index (χ3n) is 1.61. The van der Waals surface area contributed by atoms with Crippen molar-refractivity contribution < 1.29 is 0 Å². The largest absolute Gasteiger partial charge is 0.225 e. The van der Waals surface area contributed by atoms with Crippen LogP contribution in [0.3, 0.4) is 0 Å². The number of hydrogen-bond acceptors (Lipinski definition) is 3. The lowest BCUT2D eigenvalue weighted by Gasteiger charge is -2.00. The number of nitrogens with zero attached hydrogens (tertiary/aromatic N) is 3. The molecule has 70 valence electrons. The molecule has 0 aliphatic rings. The van der Waals surface area contributed by atoms with Gasteiger partial charge in [0.25, 0.3) is 0 Å². The summed E-state index contributed by atoms with van der Waals surface area (Å²) in [5.74, 6) is 0.669. The number of aromatic nitrogens is 3. The molecule has 0 spiro atoms. The average Bonchev–Trinajstić information content (AvgIpc) is 2.18. The Kier molecular flexibility index (Phi) is 2.88. The van der Waals surface area contributed by atoms with Gasteiger partial charge in [0.05, 0.1) is 0 Å². The molecule has 2 aromatic rings. The number of halogens is 2. The Morgan fingerprint density at radius 1 is 0.857 bits per heavy atom. The van der Waals surface area contributed by atoms with E-state index in [0.29, 0.717) is 5.82 Å². The van der Waals surface area contributed by atoms with Crippen molar-refractivity contribution in [1.29, 1.82) is 0 Å². The first-order valence-corrected chi connectivity index (χ1v) is 5.43. The zero-order valence-corrected chi connectivity index (χ0v) is 10.2. The summed E-state index contributed by atoms with van der Waals surface area (Å²) in [7, 11) is 0. The molecule has 0 fully saturated rings.